The summed E-state index contributed by atoms with van der Waals surface area (Å²) in [6, 6.07) is 3.53. The highest BCUT2D eigenvalue weighted by Crippen LogP contribution is 2.21. The number of rotatable bonds is 6. The molecule has 2 heterocycles. The molecule has 2 rings (SSSR count). The zero-order valence-electron chi connectivity index (χ0n) is 11.9. The van der Waals surface area contributed by atoms with Gasteiger partial charge in [-0.15, -0.1) is 0 Å². The van der Waals surface area contributed by atoms with Gasteiger partial charge in [0.15, 0.2) is 5.82 Å². The molecule has 7 heteroatoms. The lowest BCUT2D eigenvalue weighted by Crippen LogP contribution is -2.09. The molecule has 2 aromatic heterocycles. The number of aryl methyl sites for hydroxylation is 1. The molecule has 3 N–H and O–H groups in total. The first kappa shape index (κ1) is 14.1. The largest absolute Gasteiger partial charge is 0.476 e. The molecule has 0 unspecified atom stereocenters. The number of nitrogens with one attached hydrogen (secondary N) is 1. The second-order valence-electron chi connectivity index (χ2n) is 4.88. The van der Waals surface area contributed by atoms with Gasteiger partial charge in [0.05, 0.1) is 18.8 Å². The Bertz CT molecular complexity index is 568. The Balaban J connectivity index is 1.99. The maximum Gasteiger partial charge on any atom is 0.245 e. The molecule has 0 spiro atoms. The fourth-order valence-corrected chi connectivity index (χ4v) is 1.49. The minimum atomic E-state index is 0.404. The van der Waals surface area contributed by atoms with Crippen molar-refractivity contribution in [2.75, 3.05) is 17.7 Å². The summed E-state index contributed by atoms with van der Waals surface area (Å²) < 4.78 is 10.6. The Morgan fingerprint density at radius 1 is 1.35 bits per heavy atom. The van der Waals surface area contributed by atoms with E-state index in [0.29, 0.717) is 48.2 Å². The lowest BCUT2D eigenvalue weighted by atomic mass is 10.2. The van der Waals surface area contributed by atoms with Crippen molar-refractivity contribution < 1.29 is 9.26 Å². The van der Waals surface area contributed by atoms with Crippen LogP contribution >= 0.6 is 0 Å². The second kappa shape index (κ2) is 6.23. The van der Waals surface area contributed by atoms with Crippen LogP contribution in [0.15, 0.2) is 16.7 Å². The van der Waals surface area contributed by atoms with Crippen molar-refractivity contribution in [1.82, 2.24) is 15.1 Å². The Hall–Kier alpha value is -2.31. The summed E-state index contributed by atoms with van der Waals surface area (Å²) in [7, 11) is 0. The molecule has 2 aromatic rings. The third-order valence-electron chi connectivity index (χ3n) is 2.43. The Kier molecular flexibility index (Phi) is 4.39. The average Bonchev–Trinajstić information content (AvgIpc) is 2.82. The van der Waals surface area contributed by atoms with Crippen LogP contribution in [-0.4, -0.2) is 21.7 Å². The van der Waals surface area contributed by atoms with E-state index in [1.54, 1.807) is 19.1 Å². The third kappa shape index (κ3) is 3.84. The number of hydrogen-bond acceptors (Lipinski definition) is 7. The van der Waals surface area contributed by atoms with Crippen LogP contribution in [0, 0.1) is 12.8 Å². The molecular formula is C13H19N5O2. The van der Waals surface area contributed by atoms with E-state index in [-0.39, 0.29) is 0 Å². The first-order valence-electron chi connectivity index (χ1n) is 6.47. The summed E-state index contributed by atoms with van der Waals surface area (Å²) in [5.41, 5.74) is 6.35. The van der Waals surface area contributed by atoms with E-state index in [0.717, 1.165) is 0 Å². The SMILES string of the molecule is Cc1noc(CNc2ccc(N)c(OCC(C)C)n2)n1. The lowest BCUT2D eigenvalue weighted by molar-refractivity contribution is 0.263. The topological polar surface area (TPSA) is 99.1 Å². The van der Waals surface area contributed by atoms with Crippen LogP contribution in [0.3, 0.4) is 0 Å². The maximum atomic E-state index is 5.83. The van der Waals surface area contributed by atoms with Gasteiger partial charge in [-0.2, -0.15) is 9.97 Å². The summed E-state index contributed by atoms with van der Waals surface area (Å²) in [4.78, 5) is 8.42. The number of nitrogens with two attached hydrogens (primary N) is 1. The van der Waals surface area contributed by atoms with Gasteiger partial charge >= 0.3 is 0 Å². The maximum absolute atomic E-state index is 5.83. The Morgan fingerprint density at radius 3 is 2.80 bits per heavy atom. The van der Waals surface area contributed by atoms with Crippen LogP contribution < -0.4 is 15.8 Å². The lowest BCUT2D eigenvalue weighted by Gasteiger charge is -2.11. The first-order chi connectivity index (χ1) is 9.54. The molecule has 0 saturated carbocycles. The summed E-state index contributed by atoms with van der Waals surface area (Å²) in [6.07, 6.45) is 0. The molecule has 0 radical (unpaired) electrons. The van der Waals surface area contributed by atoms with Crippen LogP contribution in [0.1, 0.15) is 25.6 Å². The molecule has 0 saturated heterocycles. The number of ether oxygens (including phenoxy) is 1. The van der Waals surface area contributed by atoms with Crippen LogP contribution in [0.5, 0.6) is 5.88 Å². The molecule has 0 aromatic carbocycles. The summed E-state index contributed by atoms with van der Waals surface area (Å²) in [6.45, 7) is 6.88. The number of anilines is 2. The molecule has 108 valence electrons. The number of nitrogen functional groups attached to an aromatic ring is 1. The van der Waals surface area contributed by atoms with Crippen molar-refractivity contribution in [2.45, 2.75) is 27.3 Å². The van der Waals surface area contributed by atoms with Gasteiger partial charge in [0.25, 0.3) is 0 Å². The highest BCUT2D eigenvalue weighted by Gasteiger charge is 2.07. The van der Waals surface area contributed by atoms with Gasteiger partial charge in [0, 0.05) is 0 Å². The van der Waals surface area contributed by atoms with Gasteiger partial charge in [0.2, 0.25) is 11.8 Å². The number of nitrogens with zero attached hydrogens (tertiary/aromatic N) is 3. The van der Waals surface area contributed by atoms with Crippen LogP contribution in [0.4, 0.5) is 11.5 Å². The number of aromatic nitrogens is 3. The van der Waals surface area contributed by atoms with E-state index < -0.39 is 0 Å². The van der Waals surface area contributed by atoms with Crippen LogP contribution in [-0.2, 0) is 6.54 Å². The number of hydrogen-bond donors (Lipinski definition) is 2. The van der Waals surface area contributed by atoms with E-state index in [1.807, 2.05) is 0 Å². The molecule has 0 aliphatic rings. The van der Waals surface area contributed by atoms with E-state index in [2.05, 4.69) is 34.3 Å². The van der Waals surface area contributed by atoms with Crippen molar-refractivity contribution in [3.8, 4) is 5.88 Å². The Morgan fingerprint density at radius 2 is 2.15 bits per heavy atom. The summed E-state index contributed by atoms with van der Waals surface area (Å²) in [5.74, 6) is 2.60. The highest BCUT2D eigenvalue weighted by atomic mass is 16.5. The van der Waals surface area contributed by atoms with Crippen molar-refractivity contribution in [1.29, 1.82) is 0 Å². The van der Waals surface area contributed by atoms with Gasteiger partial charge in [-0.1, -0.05) is 19.0 Å². The predicted molar refractivity (Wildman–Crippen MR) is 75.3 cm³/mol. The second-order valence-corrected chi connectivity index (χ2v) is 4.88. The first-order valence-corrected chi connectivity index (χ1v) is 6.47. The molecule has 7 nitrogen and oxygen atoms in total. The standard InChI is InChI=1S/C13H19N5O2/c1-8(2)7-19-13-10(14)4-5-11(17-13)15-6-12-16-9(3)18-20-12/h4-5,8H,6-7,14H2,1-3H3,(H,15,17). The summed E-state index contributed by atoms with van der Waals surface area (Å²) >= 11 is 0. The monoisotopic (exact) mass is 277 g/mol. The quantitative estimate of drug-likeness (QED) is 0.833. The minimum Gasteiger partial charge on any atom is -0.476 e. The highest BCUT2D eigenvalue weighted by molar-refractivity contribution is 5.53. The molecule has 0 amide bonds. The van der Waals surface area contributed by atoms with Crippen molar-refractivity contribution >= 4 is 11.5 Å². The van der Waals surface area contributed by atoms with Crippen molar-refractivity contribution in [3.63, 3.8) is 0 Å². The smallest absolute Gasteiger partial charge is 0.245 e. The predicted octanol–water partition coefficient (Wildman–Crippen LogP) is 2.00. The number of pyridine rings is 1. The normalized spacial score (nSPS) is 10.8. The molecule has 0 atom stereocenters. The zero-order chi connectivity index (χ0) is 14.5. The van der Waals surface area contributed by atoms with Crippen LogP contribution in [0.2, 0.25) is 0 Å². The van der Waals surface area contributed by atoms with E-state index in [4.69, 9.17) is 15.0 Å². The molecule has 0 fully saturated rings. The molecule has 20 heavy (non-hydrogen) atoms. The molecule has 0 aliphatic carbocycles. The third-order valence-corrected chi connectivity index (χ3v) is 2.43. The fourth-order valence-electron chi connectivity index (χ4n) is 1.49. The van der Waals surface area contributed by atoms with Crippen molar-refractivity contribution in [3.05, 3.63) is 23.8 Å². The van der Waals surface area contributed by atoms with Crippen LogP contribution in [0.25, 0.3) is 0 Å². The van der Waals surface area contributed by atoms with Gasteiger partial charge in [-0.05, 0) is 25.0 Å². The van der Waals surface area contributed by atoms with Gasteiger partial charge < -0.3 is 20.3 Å². The van der Waals surface area contributed by atoms with E-state index in [9.17, 15) is 0 Å². The molecule has 0 aliphatic heterocycles. The van der Waals surface area contributed by atoms with E-state index in [1.165, 1.54) is 0 Å². The van der Waals surface area contributed by atoms with E-state index >= 15 is 0 Å². The van der Waals surface area contributed by atoms with Gasteiger partial charge in [-0.3, -0.25) is 0 Å². The Labute approximate surface area is 117 Å². The van der Waals surface area contributed by atoms with Gasteiger partial charge in [0.1, 0.15) is 5.82 Å². The van der Waals surface area contributed by atoms with Gasteiger partial charge in [-0.25, -0.2) is 0 Å². The van der Waals surface area contributed by atoms with Crippen molar-refractivity contribution in [2.24, 2.45) is 5.92 Å². The summed E-state index contributed by atoms with van der Waals surface area (Å²) in [5, 5.41) is 6.80. The molecule has 0 bridgehead atoms. The minimum absolute atomic E-state index is 0.404. The zero-order valence-corrected chi connectivity index (χ0v) is 11.9. The fraction of sp³-hybridized carbons (Fsp3) is 0.462. The average molecular weight is 277 g/mol. The molecular weight excluding hydrogens is 258 g/mol.